The van der Waals surface area contributed by atoms with Crippen molar-refractivity contribution in [1.82, 2.24) is 0 Å². The van der Waals surface area contributed by atoms with E-state index < -0.39 is 11.9 Å². The van der Waals surface area contributed by atoms with Gasteiger partial charge in [-0.15, -0.1) is 0 Å². The van der Waals surface area contributed by atoms with Gasteiger partial charge in [-0.3, -0.25) is 9.79 Å². The molecule has 3 unspecified atom stereocenters. The van der Waals surface area contributed by atoms with Crippen molar-refractivity contribution in [3.8, 4) is 0 Å². The lowest BCUT2D eigenvalue weighted by atomic mass is 9.81. The van der Waals surface area contributed by atoms with E-state index in [4.69, 9.17) is 9.47 Å². The molecule has 0 N–H and O–H groups in total. The number of hydrogen-bond acceptors (Lipinski definition) is 6. The third-order valence-electron chi connectivity index (χ3n) is 4.22. The van der Waals surface area contributed by atoms with E-state index in [1.807, 2.05) is 44.2 Å². The van der Waals surface area contributed by atoms with Crippen molar-refractivity contribution in [2.24, 2.45) is 16.8 Å². The number of thioether (sulfide) groups is 1. The maximum Gasteiger partial charge on any atom is 0.337 e. The van der Waals surface area contributed by atoms with Gasteiger partial charge in [0.15, 0.2) is 0 Å². The molecule has 1 heterocycles. The lowest BCUT2D eigenvalue weighted by molar-refractivity contribution is -0.147. The molecule has 0 fully saturated rings. The van der Waals surface area contributed by atoms with E-state index in [-0.39, 0.29) is 17.3 Å². The van der Waals surface area contributed by atoms with Crippen molar-refractivity contribution in [2.45, 2.75) is 45.0 Å². The zero-order valence-electron chi connectivity index (χ0n) is 15.8. The summed E-state index contributed by atoms with van der Waals surface area (Å²) in [6.45, 7) is 9.29. The predicted octanol–water partition coefficient (Wildman–Crippen LogP) is 4.23. The molecule has 6 heteroatoms. The first-order chi connectivity index (χ1) is 12.3. The minimum atomic E-state index is -0.557. The Morgan fingerprint density at radius 3 is 2.50 bits per heavy atom. The summed E-state index contributed by atoms with van der Waals surface area (Å²) < 4.78 is 10.7. The van der Waals surface area contributed by atoms with E-state index in [1.54, 1.807) is 20.8 Å². The monoisotopic (exact) mass is 375 g/mol. The lowest BCUT2D eigenvalue weighted by Crippen LogP contribution is -2.36. The number of esters is 2. The van der Waals surface area contributed by atoms with Crippen molar-refractivity contribution in [3.05, 3.63) is 41.6 Å². The van der Waals surface area contributed by atoms with Gasteiger partial charge < -0.3 is 9.47 Å². The highest BCUT2D eigenvalue weighted by Gasteiger charge is 2.38. The van der Waals surface area contributed by atoms with Gasteiger partial charge >= 0.3 is 11.9 Å². The molecule has 3 atom stereocenters. The standard InChI is InChI=1S/C20H25NO4S/c1-6-24-19(22)17-12(2)18(14(4)21-13(17)3)20(23)25-15(5)26-16-10-8-7-9-11-16/h7-12,15,17H,6H2,1-5H3. The van der Waals surface area contributed by atoms with Crippen LogP contribution >= 0.6 is 11.8 Å². The van der Waals surface area contributed by atoms with Gasteiger partial charge in [-0.05, 0) is 39.8 Å². The second-order valence-electron chi connectivity index (χ2n) is 6.17. The zero-order valence-corrected chi connectivity index (χ0v) is 16.6. The molecule has 0 spiro atoms. The van der Waals surface area contributed by atoms with Crippen LogP contribution in [0.3, 0.4) is 0 Å². The maximum atomic E-state index is 12.7. The predicted molar refractivity (Wildman–Crippen MR) is 103 cm³/mol. The van der Waals surface area contributed by atoms with Crippen LogP contribution in [0.15, 0.2) is 51.5 Å². The fourth-order valence-electron chi connectivity index (χ4n) is 3.12. The number of allylic oxidation sites excluding steroid dienone is 1. The van der Waals surface area contributed by atoms with Crippen LogP contribution in [0.5, 0.6) is 0 Å². The Kier molecular flexibility index (Phi) is 7.03. The molecular weight excluding hydrogens is 350 g/mol. The number of benzene rings is 1. The molecule has 1 aromatic rings. The van der Waals surface area contributed by atoms with Gasteiger partial charge in [0, 0.05) is 22.2 Å². The van der Waals surface area contributed by atoms with E-state index in [0.29, 0.717) is 23.6 Å². The van der Waals surface area contributed by atoms with Gasteiger partial charge in [0.1, 0.15) is 11.4 Å². The highest BCUT2D eigenvalue weighted by Crippen LogP contribution is 2.33. The maximum absolute atomic E-state index is 12.7. The minimum Gasteiger partial charge on any atom is -0.465 e. The second kappa shape index (κ2) is 9.03. The number of ether oxygens (including phenoxy) is 2. The largest absolute Gasteiger partial charge is 0.465 e. The van der Waals surface area contributed by atoms with Crippen LogP contribution in [-0.2, 0) is 19.1 Å². The normalized spacial score (nSPS) is 21.0. The summed E-state index contributed by atoms with van der Waals surface area (Å²) in [6, 6.07) is 9.75. The van der Waals surface area contributed by atoms with Gasteiger partial charge in [0.2, 0.25) is 0 Å². The van der Waals surface area contributed by atoms with Gasteiger partial charge in [-0.25, -0.2) is 4.79 Å². The molecule has 0 saturated heterocycles. The molecule has 0 aliphatic carbocycles. The average molecular weight is 375 g/mol. The number of carbonyl (C=O) groups is 2. The summed E-state index contributed by atoms with van der Waals surface area (Å²) in [5, 5.41) is 0. The van der Waals surface area contributed by atoms with Crippen molar-refractivity contribution >= 4 is 29.4 Å². The van der Waals surface area contributed by atoms with Gasteiger partial charge in [0.05, 0.1) is 12.2 Å². The molecule has 5 nitrogen and oxygen atoms in total. The van der Waals surface area contributed by atoms with Gasteiger partial charge in [-0.1, -0.05) is 36.9 Å². The highest BCUT2D eigenvalue weighted by atomic mass is 32.2. The Balaban J connectivity index is 2.13. The van der Waals surface area contributed by atoms with Crippen LogP contribution < -0.4 is 0 Å². The summed E-state index contributed by atoms with van der Waals surface area (Å²) in [4.78, 5) is 30.4. The topological polar surface area (TPSA) is 65.0 Å². The molecule has 26 heavy (non-hydrogen) atoms. The zero-order chi connectivity index (χ0) is 19.3. The van der Waals surface area contributed by atoms with Crippen molar-refractivity contribution in [2.75, 3.05) is 6.61 Å². The second-order valence-corrected chi connectivity index (χ2v) is 7.55. The van der Waals surface area contributed by atoms with Crippen LogP contribution in [0.1, 0.15) is 34.6 Å². The Hall–Kier alpha value is -2.08. The molecule has 1 aromatic carbocycles. The van der Waals surface area contributed by atoms with Crippen LogP contribution in [0.4, 0.5) is 0 Å². The minimum absolute atomic E-state index is 0.294. The van der Waals surface area contributed by atoms with Gasteiger partial charge in [-0.2, -0.15) is 0 Å². The van der Waals surface area contributed by atoms with E-state index in [1.165, 1.54) is 11.8 Å². The smallest absolute Gasteiger partial charge is 0.337 e. The van der Waals surface area contributed by atoms with Crippen molar-refractivity contribution < 1.29 is 19.1 Å². The van der Waals surface area contributed by atoms with E-state index >= 15 is 0 Å². The number of hydrogen-bond donors (Lipinski definition) is 0. The molecule has 0 saturated carbocycles. The SMILES string of the molecule is CCOC(=O)C1C(C)=NC(C)=C(C(=O)OC(C)Sc2ccccc2)C1C. The number of carbonyl (C=O) groups excluding carboxylic acids is 2. The van der Waals surface area contributed by atoms with Crippen LogP contribution in [0.2, 0.25) is 0 Å². The molecule has 0 bridgehead atoms. The Morgan fingerprint density at radius 2 is 1.88 bits per heavy atom. The molecule has 2 rings (SSSR count). The van der Waals surface area contributed by atoms with Crippen LogP contribution in [-0.4, -0.2) is 29.7 Å². The highest BCUT2D eigenvalue weighted by molar-refractivity contribution is 7.99. The van der Waals surface area contributed by atoms with Crippen molar-refractivity contribution in [1.29, 1.82) is 0 Å². The molecule has 1 aliphatic rings. The summed E-state index contributed by atoms with van der Waals surface area (Å²) in [5.74, 6) is -1.69. The number of nitrogens with zero attached hydrogens (tertiary/aromatic N) is 1. The fourth-order valence-corrected chi connectivity index (χ4v) is 3.95. The summed E-state index contributed by atoms with van der Waals surface area (Å²) >= 11 is 1.46. The van der Waals surface area contributed by atoms with Crippen LogP contribution in [0.25, 0.3) is 0 Å². The lowest BCUT2D eigenvalue weighted by Gasteiger charge is -2.29. The average Bonchev–Trinajstić information content (AvgIpc) is 2.55. The first kappa shape index (κ1) is 20.2. The summed E-state index contributed by atoms with van der Waals surface area (Å²) in [7, 11) is 0. The first-order valence-corrected chi connectivity index (χ1v) is 9.58. The summed E-state index contributed by atoms with van der Waals surface area (Å²) in [6.07, 6.45) is 0. The van der Waals surface area contributed by atoms with Crippen LogP contribution in [0, 0.1) is 11.8 Å². The van der Waals surface area contributed by atoms with E-state index in [9.17, 15) is 9.59 Å². The summed E-state index contributed by atoms with van der Waals surface area (Å²) in [5.41, 5.74) is 1.34. The van der Waals surface area contributed by atoms with E-state index in [0.717, 1.165) is 4.90 Å². The fraction of sp³-hybridized carbons (Fsp3) is 0.450. The molecule has 0 amide bonds. The molecule has 0 aromatic heterocycles. The Bertz CT molecular complexity index is 727. The molecule has 0 radical (unpaired) electrons. The third kappa shape index (κ3) is 4.75. The quantitative estimate of drug-likeness (QED) is 0.423. The first-order valence-electron chi connectivity index (χ1n) is 8.70. The molecular formula is C20H25NO4S. The number of rotatable bonds is 6. The van der Waals surface area contributed by atoms with Crippen molar-refractivity contribution in [3.63, 3.8) is 0 Å². The Labute approximate surface area is 158 Å². The molecule has 140 valence electrons. The molecule has 1 aliphatic heterocycles. The number of aliphatic imine (C=N–C) groups is 1. The van der Waals surface area contributed by atoms with E-state index in [2.05, 4.69) is 4.99 Å². The van der Waals surface area contributed by atoms with Gasteiger partial charge in [0.25, 0.3) is 0 Å². The Morgan fingerprint density at radius 1 is 1.23 bits per heavy atom. The third-order valence-corrected chi connectivity index (χ3v) is 5.19.